The number of aromatic nitrogens is 3. The summed E-state index contributed by atoms with van der Waals surface area (Å²) in [6, 6.07) is -0.968. The summed E-state index contributed by atoms with van der Waals surface area (Å²) in [5.74, 6) is -2.33. The average molecular weight is 634 g/mol. The first-order chi connectivity index (χ1) is 20.0. The van der Waals surface area contributed by atoms with Gasteiger partial charge < -0.3 is 25.4 Å². The van der Waals surface area contributed by atoms with Crippen molar-refractivity contribution in [3.8, 4) is 0 Å². The van der Waals surface area contributed by atoms with E-state index < -0.39 is 47.4 Å². The van der Waals surface area contributed by atoms with Crippen molar-refractivity contribution in [1.29, 1.82) is 0 Å². The van der Waals surface area contributed by atoms with E-state index in [0.29, 0.717) is 17.0 Å². The number of nitrogens with one attached hydrogen (secondary N) is 1. The number of hydrogen-bond donors (Lipinski definition) is 2. The summed E-state index contributed by atoms with van der Waals surface area (Å²) in [5.41, 5.74) is 6.09. The van der Waals surface area contributed by atoms with Gasteiger partial charge in [-0.05, 0) is 44.0 Å². The fraction of sp³-hybridized carbons (Fsp3) is 0.360. The van der Waals surface area contributed by atoms with E-state index >= 15 is 0 Å². The lowest BCUT2D eigenvalue weighted by molar-refractivity contribution is -0.173. The summed E-state index contributed by atoms with van der Waals surface area (Å²) in [6.07, 6.45) is 6.82. The van der Waals surface area contributed by atoms with Gasteiger partial charge >= 0.3 is 11.9 Å². The Balaban J connectivity index is 1.53. The molecule has 0 spiro atoms. The van der Waals surface area contributed by atoms with Gasteiger partial charge in [-0.15, -0.1) is 28.2 Å². The van der Waals surface area contributed by atoms with Crippen LogP contribution in [0.1, 0.15) is 32.2 Å². The van der Waals surface area contributed by atoms with Gasteiger partial charge in [0.2, 0.25) is 6.79 Å². The number of amides is 2. The Bertz CT molecular complexity index is 1480. The molecule has 2 atom stereocenters. The molecule has 2 aliphatic heterocycles. The van der Waals surface area contributed by atoms with Crippen LogP contribution in [0.3, 0.4) is 0 Å². The number of hydrogen-bond acceptors (Lipinski definition) is 15. The zero-order chi connectivity index (χ0) is 30.4. The third kappa shape index (κ3) is 7.03. The lowest BCUT2D eigenvalue weighted by Crippen LogP contribution is -2.71. The topological polar surface area (TPSA) is 188 Å². The standard InChI is InChI=1S/C25H27N7O7S3/c1-25(2,3)23(36)39-12-38-22(35)18-13(7-5-6-8-14-10-42-31-29-14)9-40-21-17(20(34)32(18)21)28-19(33)16(30-37-4)15-11-41-24(26)27-15/h5-8,10-11,17,21H,9,12H2,1-4H3,(H2,26,27)(H,28,33)/b7-5+,8-6+,30-16-/t17-,21-/m1/s1. The third-order valence-electron chi connectivity index (χ3n) is 5.68. The van der Waals surface area contributed by atoms with E-state index in [9.17, 15) is 19.2 Å². The number of carbonyl (C=O) groups excluding carboxylic acids is 4. The van der Waals surface area contributed by atoms with Crippen LogP contribution in [0, 0.1) is 5.41 Å². The molecule has 17 heteroatoms. The molecule has 0 bridgehead atoms. The summed E-state index contributed by atoms with van der Waals surface area (Å²) in [4.78, 5) is 61.8. The zero-order valence-electron chi connectivity index (χ0n) is 22.9. The number of carbonyl (C=O) groups is 4. The molecule has 2 aliphatic rings. The predicted molar refractivity (Wildman–Crippen MR) is 157 cm³/mol. The van der Waals surface area contributed by atoms with Crippen molar-refractivity contribution >= 4 is 75.3 Å². The first-order valence-corrected chi connectivity index (χ1v) is 15.0. The fourth-order valence-corrected chi connectivity index (χ4v) is 5.94. The summed E-state index contributed by atoms with van der Waals surface area (Å²) in [7, 11) is 1.27. The number of ether oxygens (including phenoxy) is 2. The van der Waals surface area contributed by atoms with E-state index in [1.54, 1.807) is 55.8 Å². The SMILES string of the molecule is CO/N=C(\C(=O)N[C@@H]1C(=O)N2C(C(=O)OCOC(=O)C(C)(C)C)=C(/C=C/C=C/c3csnn3)CS[C@H]12)c1csc(N)n1. The Morgan fingerprint density at radius 3 is 2.62 bits per heavy atom. The van der Waals surface area contributed by atoms with Crippen molar-refractivity contribution in [2.75, 3.05) is 25.4 Å². The van der Waals surface area contributed by atoms with Gasteiger partial charge in [0.05, 0.1) is 11.1 Å². The van der Waals surface area contributed by atoms with Crippen LogP contribution < -0.4 is 11.1 Å². The lowest BCUT2D eigenvalue weighted by Gasteiger charge is -2.49. The minimum Gasteiger partial charge on any atom is -0.427 e. The van der Waals surface area contributed by atoms with Crippen molar-refractivity contribution in [3.63, 3.8) is 0 Å². The number of nitrogen functional groups attached to an aromatic ring is 1. The van der Waals surface area contributed by atoms with E-state index in [0.717, 1.165) is 11.3 Å². The molecule has 3 N–H and O–H groups in total. The van der Waals surface area contributed by atoms with Gasteiger partial charge in [-0.1, -0.05) is 27.9 Å². The second-order valence-electron chi connectivity index (χ2n) is 9.71. The van der Waals surface area contributed by atoms with Crippen LogP contribution in [0.15, 0.2) is 45.4 Å². The average Bonchev–Trinajstić information content (AvgIpc) is 3.63. The Kier molecular flexibility index (Phi) is 9.74. The second kappa shape index (κ2) is 13.3. The molecule has 4 rings (SSSR count). The molecular formula is C25H27N7O7S3. The number of nitrogens with zero attached hydrogens (tertiary/aromatic N) is 5. The van der Waals surface area contributed by atoms with E-state index in [1.807, 2.05) is 0 Å². The maximum atomic E-state index is 13.3. The monoisotopic (exact) mass is 633 g/mol. The first-order valence-electron chi connectivity index (χ1n) is 12.3. The van der Waals surface area contributed by atoms with Crippen LogP contribution in [0.2, 0.25) is 0 Å². The van der Waals surface area contributed by atoms with E-state index in [-0.39, 0.29) is 22.2 Å². The lowest BCUT2D eigenvalue weighted by atomic mass is 9.98. The van der Waals surface area contributed by atoms with Crippen molar-refractivity contribution in [2.24, 2.45) is 10.6 Å². The number of oxime groups is 1. The number of β-lactam (4-membered cyclic amide) rings is 1. The smallest absolute Gasteiger partial charge is 0.358 e. The normalized spacial score (nSPS) is 19.1. The number of thioether (sulfide) groups is 1. The van der Waals surface area contributed by atoms with E-state index in [1.165, 1.54) is 35.3 Å². The molecule has 0 saturated carbocycles. The molecule has 42 heavy (non-hydrogen) atoms. The molecule has 2 aromatic rings. The number of allylic oxidation sites excluding steroid dienone is 3. The molecule has 1 fully saturated rings. The molecule has 0 unspecified atom stereocenters. The van der Waals surface area contributed by atoms with Crippen LogP contribution in [0.4, 0.5) is 5.13 Å². The summed E-state index contributed by atoms with van der Waals surface area (Å²) in [6.45, 7) is 4.37. The van der Waals surface area contributed by atoms with Gasteiger partial charge in [0.15, 0.2) is 10.8 Å². The van der Waals surface area contributed by atoms with Gasteiger partial charge in [0.25, 0.3) is 11.8 Å². The van der Waals surface area contributed by atoms with Crippen molar-refractivity contribution in [3.05, 3.63) is 51.6 Å². The predicted octanol–water partition coefficient (Wildman–Crippen LogP) is 1.94. The number of anilines is 1. The van der Waals surface area contributed by atoms with E-state index in [2.05, 4.69) is 25.0 Å². The highest BCUT2D eigenvalue weighted by molar-refractivity contribution is 8.00. The summed E-state index contributed by atoms with van der Waals surface area (Å²) < 4.78 is 14.1. The zero-order valence-corrected chi connectivity index (χ0v) is 25.4. The van der Waals surface area contributed by atoms with Gasteiger partial charge in [-0.25, -0.2) is 9.78 Å². The Labute approximate surface area is 252 Å². The van der Waals surface area contributed by atoms with Crippen LogP contribution in [0.25, 0.3) is 6.08 Å². The largest absolute Gasteiger partial charge is 0.427 e. The second-order valence-corrected chi connectivity index (χ2v) is 12.3. The highest BCUT2D eigenvalue weighted by Crippen LogP contribution is 2.41. The van der Waals surface area contributed by atoms with Crippen LogP contribution in [0.5, 0.6) is 0 Å². The molecule has 14 nitrogen and oxygen atoms in total. The van der Waals surface area contributed by atoms with Crippen LogP contribution in [-0.2, 0) is 33.5 Å². The highest BCUT2D eigenvalue weighted by atomic mass is 32.2. The molecule has 2 aromatic heterocycles. The van der Waals surface area contributed by atoms with Gasteiger partial charge in [-0.2, -0.15) is 0 Å². The molecule has 0 aromatic carbocycles. The quantitative estimate of drug-likeness (QED) is 0.0968. The maximum Gasteiger partial charge on any atom is 0.358 e. The molecule has 1 saturated heterocycles. The Hall–Kier alpha value is -4.09. The minimum atomic E-state index is -0.968. The van der Waals surface area contributed by atoms with Crippen molar-refractivity contribution < 1.29 is 33.5 Å². The molecule has 2 amide bonds. The highest BCUT2D eigenvalue weighted by Gasteiger charge is 2.54. The van der Waals surface area contributed by atoms with E-state index in [4.69, 9.17) is 20.0 Å². The number of thiazole rings is 1. The summed E-state index contributed by atoms with van der Waals surface area (Å²) in [5, 5.41) is 13.3. The third-order valence-corrected chi connectivity index (χ3v) is 8.18. The molecule has 0 radical (unpaired) electrons. The fourth-order valence-electron chi connectivity index (χ4n) is 3.65. The van der Waals surface area contributed by atoms with Gasteiger partial charge in [0.1, 0.15) is 29.9 Å². The van der Waals surface area contributed by atoms with Gasteiger partial charge in [-0.3, -0.25) is 19.3 Å². The number of nitrogens with two attached hydrogens (primary N) is 1. The maximum absolute atomic E-state index is 13.3. The van der Waals surface area contributed by atoms with Crippen molar-refractivity contribution in [1.82, 2.24) is 24.8 Å². The number of fused-ring (bicyclic) bond motifs is 1. The first kappa shape index (κ1) is 30.9. The molecular weight excluding hydrogens is 607 g/mol. The summed E-state index contributed by atoms with van der Waals surface area (Å²) >= 11 is 3.68. The molecule has 0 aliphatic carbocycles. The molecule has 4 heterocycles. The van der Waals surface area contributed by atoms with Crippen LogP contribution in [-0.4, -0.2) is 80.0 Å². The number of esters is 2. The minimum absolute atomic E-state index is 0.0147. The van der Waals surface area contributed by atoms with Crippen molar-refractivity contribution in [2.45, 2.75) is 32.2 Å². The van der Waals surface area contributed by atoms with Gasteiger partial charge in [0, 0.05) is 16.5 Å². The van der Waals surface area contributed by atoms with Crippen LogP contribution >= 0.6 is 34.6 Å². The number of rotatable bonds is 10. The Morgan fingerprint density at radius 2 is 1.98 bits per heavy atom. The molecule has 222 valence electrons. The Morgan fingerprint density at radius 1 is 1.21 bits per heavy atom.